The molecule has 0 bridgehead atoms. The van der Waals surface area contributed by atoms with Crippen molar-refractivity contribution in [3.8, 4) is 6.07 Å². The standard InChI is InChI=1S/C17H21N5O2/c1-19(2)14-7-6-12(10-18)13(8-14)11-22-15(20(3)4)9-16(23)21(5)17(22)24/h6-9H,11H2,1-5H3. The van der Waals surface area contributed by atoms with Crippen LogP contribution < -0.4 is 21.0 Å². The molecule has 0 atom stereocenters. The van der Waals surface area contributed by atoms with E-state index in [0.717, 1.165) is 15.8 Å². The first kappa shape index (κ1) is 17.3. The third kappa shape index (κ3) is 3.18. The van der Waals surface area contributed by atoms with Gasteiger partial charge in [0, 0.05) is 47.0 Å². The summed E-state index contributed by atoms with van der Waals surface area (Å²) in [5.41, 5.74) is 1.40. The van der Waals surface area contributed by atoms with Gasteiger partial charge in [0.1, 0.15) is 5.82 Å². The molecule has 0 fully saturated rings. The Bertz CT molecular complexity index is 916. The molecule has 0 spiro atoms. The predicted molar refractivity (Wildman–Crippen MR) is 94.9 cm³/mol. The number of aromatic nitrogens is 2. The Morgan fingerprint density at radius 1 is 1.08 bits per heavy atom. The van der Waals surface area contributed by atoms with E-state index < -0.39 is 5.69 Å². The smallest absolute Gasteiger partial charge is 0.332 e. The van der Waals surface area contributed by atoms with E-state index in [1.165, 1.54) is 17.7 Å². The molecule has 0 N–H and O–H groups in total. The van der Waals surface area contributed by atoms with Crippen LogP contribution in [0.25, 0.3) is 0 Å². The first-order chi connectivity index (χ1) is 11.3. The summed E-state index contributed by atoms with van der Waals surface area (Å²) in [7, 11) is 8.81. The molecule has 126 valence electrons. The van der Waals surface area contributed by atoms with Crippen molar-refractivity contribution in [1.82, 2.24) is 9.13 Å². The van der Waals surface area contributed by atoms with Gasteiger partial charge in [0.2, 0.25) is 0 Å². The fourth-order valence-electron chi connectivity index (χ4n) is 2.45. The Morgan fingerprint density at radius 3 is 2.29 bits per heavy atom. The molecule has 2 aromatic rings. The third-order valence-corrected chi connectivity index (χ3v) is 3.89. The topological polar surface area (TPSA) is 74.3 Å². The van der Waals surface area contributed by atoms with Crippen molar-refractivity contribution in [3.05, 3.63) is 56.2 Å². The van der Waals surface area contributed by atoms with E-state index in [-0.39, 0.29) is 12.1 Å². The van der Waals surface area contributed by atoms with Crippen LogP contribution in [0.1, 0.15) is 11.1 Å². The summed E-state index contributed by atoms with van der Waals surface area (Å²) in [6.45, 7) is 0.213. The summed E-state index contributed by atoms with van der Waals surface area (Å²) in [4.78, 5) is 28.1. The molecule has 1 aromatic heterocycles. The van der Waals surface area contributed by atoms with Crippen molar-refractivity contribution in [1.29, 1.82) is 5.26 Å². The minimum atomic E-state index is -0.412. The number of nitrogens with zero attached hydrogens (tertiary/aromatic N) is 5. The largest absolute Gasteiger partial charge is 0.378 e. The fourth-order valence-corrected chi connectivity index (χ4v) is 2.45. The van der Waals surface area contributed by atoms with Crippen LogP contribution in [0.15, 0.2) is 33.9 Å². The first-order valence-electron chi connectivity index (χ1n) is 7.44. The molecule has 0 saturated heterocycles. The average molecular weight is 327 g/mol. The molecule has 7 heteroatoms. The second kappa shape index (κ2) is 6.62. The lowest BCUT2D eigenvalue weighted by molar-refractivity contribution is 0.641. The van der Waals surface area contributed by atoms with Gasteiger partial charge in [-0.3, -0.25) is 13.9 Å². The van der Waals surface area contributed by atoms with E-state index in [0.29, 0.717) is 11.4 Å². The molecule has 0 unspecified atom stereocenters. The zero-order chi connectivity index (χ0) is 18.0. The molecular weight excluding hydrogens is 306 g/mol. The van der Waals surface area contributed by atoms with E-state index in [1.54, 1.807) is 25.1 Å². The lowest BCUT2D eigenvalue weighted by Gasteiger charge is -2.21. The summed E-state index contributed by atoms with van der Waals surface area (Å²) in [6, 6.07) is 9.07. The van der Waals surface area contributed by atoms with E-state index in [2.05, 4.69) is 6.07 Å². The van der Waals surface area contributed by atoms with Crippen molar-refractivity contribution >= 4 is 11.5 Å². The maximum atomic E-state index is 12.5. The zero-order valence-electron chi connectivity index (χ0n) is 14.6. The number of rotatable bonds is 4. The maximum absolute atomic E-state index is 12.5. The van der Waals surface area contributed by atoms with Crippen molar-refractivity contribution < 1.29 is 0 Å². The summed E-state index contributed by atoms with van der Waals surface area (Å²) in [6.07, 6.45) is 0. The van der Waals surface area contributed by atoms with Gasteiger partial charge in [-0.05, 0) is 23.8 Å². The molecule has 0 aliphatic heterocycles. The number of hydrogen-bond acceptors (Lipinski definition) is 5. The van der Waals surface area contributed by atoms with Crippen molar-refractivity contribution in [3.63, 3.8) is 0 Å². The summed E-state index contributed by atoms with van der Waals surface area (Å²) >= 11 is 0. The van der Waals surface area contributed by atoms with Gasteiger partial charge < -0.3 is 9.80 Å². The number of nitriles is 1. The number of anilines is 2. The lowest BCUT2D eigenvalue weighted by atomic mass is 10.1. The second-order valence-electron chi connectivity index (χ2n) is 6.01. The molecule has 0 aliphatic carbocycles. The van der Waals surface area contributed by atoms with E-state index in [1.807, 2.05) is 31.1 Å². The molecular formula is C17H21N5O2. The molecule has 7 nitrogen and oxygen atoms in total. The van der Waals surface area contributed by atoms with Gasteiger partial charge >= 0.3 is 5.69 Å². The fraction of sp³-hybridized carbons (Fsp3) is 0.353. The molecule has 0 aliphatic rings. The highest BCUT2D eigenvalue weighted by atomic mass is 16.2. The van der Waals surface area contributed by atoms with Crippen LogP contribution in [0.4, 0.5) is 11.5 Å². The Kier molecular flexibility index (Phi) is 4.79. The van der Waals surface area contributed by atoms with Crippen LogP contribution in [0, 0.1) is 11.3 Å². The third-order valence-electron chi connectivity index (χ3n) is 3.89. The lowest BCUT2D eigenvalue weighted by Crippen LogP contribution is -2.40. The van der Waals surface area contributed by atoms with Gasteiger partial charge in [0.25, 0.3) is 5.56 Å². The Labute approximate surface area is 140 Å². The Balaban J connectivity index is 2.66. The summed E-state index contributed by atoms with van der Waals surface area (Å²) in [5, 5.41) is 9.36. The first-order valence-corrected chi connectivity index (χ1v) is 7.44. The van der Waals surface area contributed by atoms with Gasteiger partial charge in [-0.25, -0.2) is 4.79 Å². The molecule has 24 heavy (non-hydrogen) atoms. The minimum Gasteiger partial charge on any atom is -0.378 e. The quantitative estimate of drug-likeness (QED) is 0.822. The van der Waals surface area contributed by atoms with Crippen LogP contribution in [0.2, 0.25) is 0 Å². The highest BCUT2D eigenvalue weighted by Gasteiger charge is 2.14. The second-order valence-corrected chi connectivity index (χ2v) is 6.01. The van der Waals surface area contributed by atoms with E-state index in [4.69, 9.17) is 0 Å². The van der Waals surface area contributed by atoms with E-state index in [9.17, 15) is 14.9 Å². The molecule has 1 heterocycles. The monoisotopic (exact) mass is 327 g/mol. The van der Waals surface area contributed by atoms with Crippen molar-refractivity contribution in [2.75, 3.05) is 38.0 Å². The van der Waals surface area contributed by atoms with Gasteiger partial charge in [0.15, 0.2) is 0 Å². The van der Waals surface area contributed by atoms with E-state index >= 15 is 0 Å². The highest BCUT2D eigenvalue weighted by molar-refractivity contribution is 5.53. The molecule has 0 saturated carbocycles. The zero-order valence-corrected chi connectivity index (χ0v) is 14.6. The number of benzene rings is 1. The average Bonchev–Trinajstić information content (AvgIpc) is 2.54. The van der Waals surface area contributed by atoms with Crippen LogP contribution in [-0.2, 0) is 13.6 Å². The molecule has 0 amide bonds. The number of hydrogen-bond donors (Lipinski definition) is 0. The Morgan fingerprint density at radius 2 is 1.75 bits per heavy atom. The van der Waals surface area contributed by atoms with Crippen LogP contribution in [0.5, 0.6) is 0 Å². The maximum Gasteiger partial charge on any atom is 0.332 e. The van der Waals surface area contributed by atoms with Gasteiger partial charge in [-0.15, -0.1) is 0 Å². The summed E-state index contributed by atoms with van der Waals surface area (Å²) < 4.78 is 2.56. The summed E-state index contributed by atoms with van der Waals surface area (Å²) in [5.74, 6) is 0.502. The van der Waals surface area contributed by atoms with Crippen LogP contribution in [0.3, 0.4) is 0 Å². The van der Waals surface area contributed by atoms with Crippen molar-refractivity contribution in [2.45, 2.75) is 6.54 Å². The van der Waals surface area contributed by atoms with Gasteiger partial charge in [0.05, 0.1) is 18.2 Å². The SMILES string of the molecule is CN(C)c1ccc(C#N)c(Cn2c(N(C)C)cc(=O)n(C)c2=O)c1. The van der Waals surface area contributed by atoms with Crippen molar-refractivity contribution in [2.24, 2.45) is 7.05 Å². The Hall–Kier alpha value is -3.01. The van der Waals surface area contributed by atoms with Gasteiger partial charge in [-0.2, -0.15) is 5.26 Å². The highest BCUT2D eigenvalue weighted by Crippen LogP contribution is 2.19. The van der Waals surface area contributed by atoms with Crippen LogP contribution in [-0.4, -0.2) is 37.3 Å². The normalized spacial score (nSPS) is 10.3. The predicted octanol–water partition coefficient (Wildman–Crippen LogP) is 0.599. The van der Waals surface area contributed by atoms with Gasteiger partial charge in [-0.1, -0.05) is 0 Å². The molecule has 2 rings (SSSR count). The van der Waals surface area contributed by atoms with Crippen LogP contribution >= 0.6 is 0 Å². The molecule has 1 aromatic carbocycles. The minimum absolute atomic E-state index is 0.213. The molecule has 0 radical (unpaired) electrons.